The van der Waals surface area contributed by atoms with Crippen molar-refractivity contribution >= 4 is 0 Å². The smallest absolute Gasteiger partial charge is 0.213 e. The van der Waals surface area contributed by atoms with Crippen LogP contribution in [0.25, 0.3) is 0 Å². The summed E-state index contributed by atoms with van der Waals surface area (Å²) < 4.78 is 5.27. The van der Waals surface area contributed by atoms with Gasteiger partial charge in [-0.1, -0.05) is 6.07 Å². The van der Waals surface area contributed by atoms with Gasteiger partial charge in [0.15, 0.2) is 0 Å². The number of aromatic nitrogens is 1. The normalized spacial score (nSPS) is 12.6. The molecule has 0 aliphatic rings. The van der Waals surface area contributed by atoms with Gasteiger partial charge in [-0.2, -0.15) is 0 Å². The van der Waals surface area contributed by atoms with E-state index in [0.29, 0.717) is 12.5 Å². The van der Waals surface area contributed by atoms with E-state index in [4.69, 9.17) is 10.5 Å². The quantitative estimate of drug-likeness (QED) is 0.771. The first-order valence-electron chi connectivity index (χ1n) is 4.51. The molecule has 0 unspecified atom stereocenters. The molecule has 0 saturated heterocycles. The molecule has 1 heterocycles. The standard InChI is InChI=1S/C10H16N2O/c1-4-13-10-6-5-9(7(2)11)8(3)12-10/h5-7H,4,11H2,1-3H3/t7-/m0/s1. The minimum Gasteiger partial charge on any atom is -0.478 e. The Labute approximate surface area is 78.9 Å². The molecule has 0 radical (unpaired) electrons. The van der Waals surface area contributed by atoms with Gasteiger partial charge in [0.05, 0.1) is 6.61 Å². The molecule has 1 aromatic rings. The van der Waals surface area contributed by atoms with Crippen LogP contribution >= 0.6 is 0 Å². The minimum atomic E-state index is 0.0307. The fourth-order valence-corrected chi connectivity index (χ4v) is 1.26. The third-order valence-electron chi connectivity index (χ3n) is 1.88. The molecule has 2 N–H and O–H groups in total. The second-order valence-electron chi connectivity index (χ2n) is 3.05. The van der Waals surface area contributed by atoms with Crippen LogP contribution in [0.3, 0.4) is 0 Å². The molecule has 0 amide bonds. The lowest BCUT2D eigenvalue weighted by molar-refractivity contribution is 0.326. The first-order chi connectivity index (χ1) is 6.15. The van der Waals surface area contributed by atoms with Crippen molar-refractivity contribution in [3.8, 4) is 5.88 Å². The van der Waals surface area contributed by atoms with Crippen molar-refractivity contribution in [1.82, 2.24) is 4.98 Å². The van der Waals surface area contributed by atoms with Gasteiger partial charge < -0.3 is 10.5 Å². The summed E-state index contributed by atoms with van der Waals surface area (Å²) in [5, 5.41) is 0. The van der Waals surface area contributed by atoms with Crippen LogP contribution in [-0.4, -0.2) is 11.6 Å². The molecule has 1 atom stereocenters. The third-order valence-corrected chi connectivity index (χ3v) is 1.88. The summed E-state index contributed by atoms with van der Waals surface area (Å²) in [7, 11) is 0. The Morgan fingerprint density at radius 2 is 2.23 bits per heavy atom. The second-order valence-corrected chi connectivity index (χ2v) is 3.05. The third kappa shape index (κ3) is 2.42. The average Bonchev–Trinajstić information content (AvgIpc) is 2.04. The van der Waals surface area contributed by atoms with Crippen LogP contribution in [0.2, 0.25) is 0 Å². The van der Waals surface area contributed by atoms with Gasteiger partial charge in [0.2, 0.25) is 5.88 Å². The Hall–Kier alpha value is -1.09. The number of hydrogen-bond acceptors (Lipinski definition) is 3. The highest BCUT2D eigenvalue weighted by atomic mass is 16.5. The molecular formula is C10H16N2O. The molecule has 3 heteroatoms. The van der Waals surface area contributed by atoms with E-state index in [1.165, 1.54) is 0 Å². The molecule has 3 nitrogen and oxygen atoms in total. The van der Waals surface area contributed by atoms with E-state index in [2.05, 4.69) is 4.98 Å². The Bertz CT molecular complexity index is 284. The number of hydrogen-bond donors (Lipinski definition) is 1. The van der Waals surface area contributed by atoms with Crippen molar-refractivity contribution in [2.45, 2.75) is 26.8 Å². The Kier molecular flexibility index (Phi) is 3.25. The number of aryl methyl sites for hydroxylation is 1. The van der Waals surface area contributed by atoms with Gasteiger partial charge in [-0.15, -0.1) is 0 Å². The van der Waals surface area contributed by atoms with Gasteiger partial charge in [0, 0.05) is 17.8 Å². The summed E-state index contributed by atoms with van der Waals surface area (Å²) >= 11 is 0. The first-order valence-corrected chi connectivity index (χ1v) is 4.51. The molecular weight excluding hydrogens is 164 g/mol. The van der Waals surface area contributed by atoms with Crippen molar-refractivity contribution in [2.75, 3.05) is 6.61 Å². The summed E-state index contributed by atoms with van der Waals surface area (Å²) in [6, 6.07) is 3.86. The molecule has 1 aromatic heterocycles. The fourth-order valence-electron chi connectivity index (χ4n) is 1.26. The summed E-state index contributed by atoms with van der Waals surface area (Å²) in [5.41, 5.74) is 7.78. The lowest BCUT2D eigenvalue weighted by Gasteiger charge is -2.10. The predicted molar refractivity (Wildman–Crippen MR) is 52.7 cm³/mol. The van der Waals surface area contributed by atoms with Gasteiger partial charge in [-0.3, -0.25) is 0 Å². The number of ether oxygens (including phenoxy) is 1. The zero-order valence-corrected chi connectivity index (χ0v) is 8.37. The monoisotopic (exact) mass is 180 g/mol. The molecule has 1 rings (SSSR count). The molecule has 0 aromatic carbocycles. The van der Waals surface area contributed by atoms with E-state index in [9.17, 15) is 0 Å². The first kappa shape index (κ1) is 9.99. The van der Waals surface area contributed by atoms with Gasteiger partial charge in [0.25, 0.3) is 0 Å². The number of rotatable bonds is 3. The Morgan fingerprint density at radius 3 is 2.69 bits per heavy atom. The summed E-state index contributed by atoms with van der Waals surface area (Å²) in [5.74, 6) is 0.671. The highest BCUT2D eigenvalue weighted by molar-refractivity contribution is 5.27. The highest BCUT2D eigenvalue weighted by Gasteiger charge is 2.05. The minimum absolute atomic E-state index is 0.0307. The number of nitrogens with zero attached hydrogens (tertiary/aromatic N) is 1. The molecule has 0 fully saturated rings. The van der Waals surface area contributed by atoms with Gasteiger partial charge >= 0.3 is 0 Å². The van der Waals surface area contributed by atoms with Crippen LogP contribution in [0.4, 0.5) is 0 Å². The molecule has 0 spiro atoms. The van der Waals surface area contributed by atoms with Gasteiger partial charge in [0.1, 0.15) is 0 Å². The summed E-state index contributed by atoms with van der Waals surface area (Å²) in [6.07, 6.45) is 0. The average molecular weight is 180 g/mol. The van der Waals surface area contributed by atoms with E-state index in [-0.39, 0.29) is 6.04 Å². The summed E-state index contributed by atoms with van der Waals surface area (Å²) in [6.45, 7) is 6.48. The van der Waals surface area contributed by atoms with Gasteiger partial charge in [-0.25, -0.2) is 4.98 Å². The van der Waals surface area contributed by atoms with Crippen molar-refractivity contribution in [2.24, 2.45) is 5.73 Å². The van der Waals surface area contributed by atoms with E-state index >= 15 is 0 Å². The van der Waals surface area contributed by atoms with Crippen LogP contribution in [0.15, 0.2) is 12.1 Å². The van der Waals surface area contributed by atoms with Crippen LogP contribution in [0.5, 0.6) is 5.88 Å². The molecule has 72 valence electrons. The largest absolute Gasteiger partial charge is 0.478 e. The van der Waals surface area contributed by atoms with Crippen LogP contribution in [0, 0.1) is 6.92 Å². The molecule has 0 aliphatic heterocycles. The van der Waals surface area contributed by atoms with Crippen molar-refractivity contribution in [3.05, 3.63) is 23.4 Å². The van der Waals surface area contributed by atoms with Crippen LogP contribution in [0.1, 0.15) is 31.1 Å². The second kappa shape index (κ2) is 4.23. The highest BCUT2D eigenvalue weighted by Crippen LogP contribution is 2.17. The SMILES string of the molecule is CCOc1ccc([C@H](C)N)c(C)n1. The lowest BCUT2D eigenvalue weighted by Crippen LogP contribution is -2.08. The molecule has 0 aliphatic carbocycles. The summed E-state index contributed by atoms with van der Waals surface area (Å²) in [4.78, 5) is 4.28. The zero-order valence-electron chi connectivity index (χ0n) is 8.37. The lowest BCUT2D eigenvalue weighted by atomic mass is 10.1. The van der Waals surface area contributed by atoms with E-state index < -0.39 is 0 Å². The molecule has 13 heavy (non-hydrogen) atoms. The maximum Gasteiger partial charge on any atom is 0.213 e. The molecule has 0 saturated carbocycles. The Balaban J connectivity index is 2.92. The van der Waals surface area contributed by atoms with Crippen molar-refractivity contribution < 1.29 is 4.74 Å². The number of pyridine rings is 1. The van der Waals surface area contributed by atoms with E-state index in [1.54, 1.807) is 0 Å². The maximum atomic E-state index is 5.76. The van der Waals surface area contributed by atoms with E-state index in [1.807, 2.05) is 32.9 Å². The van der Waals surface area contributed by atoms with E-state index in [0.717, 1.165) is 11.3 Å². The Morgan fingerprint density at radius 1 is 1.54 bits per heavy atom. The molecule has 0 bridgehead atoms. The van der Waals surface area contributed by atoms with Gasteiger partial charge in [-0.05, 0) is 26.3 Å². The predicted octanol–water partition coefficient (Wildman–Crippen LogP) is 1.81. The van der Waals surface area contributed by atoms with Crippen LogP contribution < -0.4 is 10.5 Å². The van der Waals surface area contributed by atoms with Crippen molar-refractivity contribution in [3.63, 3.8) is 0 Å². The van der Waals surface area contributed by atoms with Crippen LogP contribution in [-0.2, 0) is 0 Å². The number of nitrogens with two attached hydrogens (primary N) is 1. The zero-order chi connectivity index (χ0) is 9.84. The topological polar surface area (TPSA) is 48.1 Å². The fraction of sp³-hybridized carbons (Fsp3) is 0.500. The van der Waals surface area contributed by atoms with Crippen molar-refractivity contribution in [1.29, 1.82) is 0 Å². The maximum absolute atomic E-state index is 5.76.